The van der Waals surface area contributed by atoms with Gasteiger partial charge in [0.15, 0.2) is 0 Å². The first-order valence-electron chi connectivity index (χ1n) is 4.45. The molecule has 0 bridgehead atoms. The third-order valence-corrected chi connectivity index (χ3v) is 2.74. The zero-order chi connectivity index (χ0) is 7.97. The van der Waals surface area contributed by atoms with Crippen LogP contribution in [0.25, 0.3) is 10.8 Å². The highest BCUT2D eigenvalue weighted by atomic mass is 16.0. The Kier molecular flexibility index (Phi) is 1.82. The number of benzene rings is 2. The Bertz CT molecular complexity index is 407. The maximum Gasteiger partial charge on any atom is -0.0120 e. The highest BCUT2D eigenvalue weighted by Gasteiger charge is 2.11. The van der Waals surface area contributed by atoms with Crippen LogP contribution in [0.4, 0.5) is 0 Å². The average molecular weight is 172 g/mol. The fourth-order valence-corrected chi connectivity index (χ4v) is 2.19. The second-order valence-corrected chi connectivity index (χ2v) is 3.43. The maximum atomic E-state index is 2.25. The van der Waals surface area contributed by atoms with Crippen LogP contribution in [-0.4, -0.2) is 5.48 Å². The Morgan fingerprint density at radius 2 is 1.31 bits per heavy atom. The predicted molar refractivity (Wildman–Crippen MR) is 55.0 cm³/mol. The molecule has 2 N–H and O–H groups in total. The van der Waals surface area contributed by atoms with Gasteiger partial charge in [0.05, 0.1) is 0 Å². The molecule has 3 rings (SSSR count). The van der Waals surface area contributed by atoms with E-state index in [0.717, 1.165) is 0 Å². The Hall–Kier alpha value is -1.34. The van der Waals surface area contributed by atoms with Gasteiger partial charge in [-0.2, -0.15) is 0 Å². The molecule has 1 aliphatic carbocycles. The van der Waals surface area contributed by atoms with Crippen molar-refractivity contribution >= 4 is 10.8 Å². The molecule has 1 heteroatoms. The second-order valence-electron chi connectivity index (χ2n) is 3.43. The van der Waals surface area contributed by atoms with Crippen molar-refractivity contribution in [2.24, 2.45) is 0 Å². The SMILES string of the molecule is O.c1cc2c3c(cccc3c1)CC2. The molecule has 0 heterocycles. The summed E-state index contributed by atoms with van der Waals surface area (Å²) in [4.78, 5) is 0. The van der Waals surface area contributed by atoms with Crippen LogP contribution < -0.4 is 0 Å². The number of hydrogen-bond donors (Lipinski definition) is 0. The monoisotopic (exact) mass is 172 g/mol. The second kappa shape index (κ2) is 2.86. The zero-order valence-electron chi connectivity index (χ0n) is 7.38. The van der Waals surface area contributed by atoms with Gasteiger partial charge in [-0.3, -0.25) is 0 Å². The van der Waals surface area contributed by atoms with Crippen LogP contribution in [0.3, 0.4) is 0 Å². The van der Waals surface area contributed by atoms with E-state index in [1.165, 1.54) is 34.7 Å². The Balaban J connectivity index is 0.000000653. The lowest BCUT2D eigenvalue weighted by atomic mass is 10.1. The van der Waals surface area contributed by atoms with Gasteiger partial charge in [-0.25, -0.2) is 0 Å². The summed E-state index contributed by atoms with van der Waals surface area (Å²) >= 11 is 0. The lowest BCUT2D eigenvalue weighted by molar-refractivity contribution is 0.824. The Morgan fingerprint density at radius 3 is 1.85 bits per heavy atom. The van der Waals surface area contributed by atoms with Crippen LogP contribution in [0.1, 0.15) is 11.1 Å². The summed E-state index contributed by atoms with van der Waals surface area (Å²) < 4.78 is 0. The van der Waals surface area contributed by atoms with E-state index in [0.29, 0.717) is 0 Å². The number of aryl methyl sites for hydroxylation is 2. The van der Waals surface area contributed by atoms with Crippen molar-refractivity contribution < 1.29 is 5.48 Å². The summed E-state index contributed by atoms with van der Waals surface area (Å²) in [6, 6.07) is 13.2. The third kappa shape index (κ3) is 1.04. The van der Waals surface area contributed by atoms with Gasteiger partial charge in [-0.15, -0.1) is 0 Å². The smallest absolute Gasteiger partial charge is 0.0120 e. The first-order valence-corrected chi connectivity index (χ1v) is 4.45. The van der Waals surface area contributed by atoms with Crippen LogP contribution in [0, 0.1) is 0 Å². The summed E-state index contributed by atoms with van der Waals surface area (Å²) in [7, 11) is 0. The van der Waals surface area contributed by atoms with E-state index in [9.17, 15) is 0 Å². The molecule has 2 aromatic carbocycles. The van der Waals surface area contributed by atoms with Crippen LogP contribution in [0.5, 0.6) is 0 Å². The van der Waals surface area contributed by atoms with Crippen LogP contribution in [0.2, 0.25) is 0 Å². The first-order chi connectivity index (χ1) is 5.95. The average Bonchev–Trinajstić information content (AvgIpc) is 2.52. The molecule has 0 saturated heterocycles. The van der Waals surface area contributed by atoms with E-state index in [4.69, 9.17) is 0 Å². The van der Waals surface area contributed by atoms with Crippen molar-refractivity contribution in [2.75, 3.05) is 0 Å². The molecular weight excluding hydrogens is 160 g/mol. The molecule has 0 aromatic heterocycles. The molecular formula is C12H12O. The predicted octanol–water partition coefficient (Wildman–Crippen LogP) is 2.11. The molecule has 1 nitrogen and oxygen atoms in total. The van der Waals surface area contributed by atoms with E-state index >= 15 is 0 Å². The molecule has 0 radical (unpaired) electrons. The van der Waals surface area contributed by atoms with Gasteiger partial charge in [-0.1, -0.05) is 36.4 Å². The lowest BCUT2D eigenvalue weighted by Crippen LogP contribution is -1.76. The standard InChI is InChI=1S/C12H10.H2O/c1-3-9-4-2-6-11-8-7-10(5-1)12(9)11;/h1-6H,7-8H2;1H2. The molecule has 0 amide bonds. The fraction of sp³-hybridized carbons (Fsp3) is 0.167. The molecule has 0 aliphatic heterocycles. The highest BCUT2D eigenvalue weighted by Crippen LogP contribution is 2.29. The fourth-order valence-electron chi connectivity index (χ4n) is 2.19. The van der Waals surface area contributed by atoms with Crippen molar-refractivity contribution in [3.05, 3.63) is 47.5 Å². The van der Waals surface area contributed by atoms with Crippen molar-refractivity contribution in [1.29, 1.82) is 0 Å². The van der Waals surface area contributed by atoms with Gasteiger partial charge in [-0.05, 0) is 34.7 Å². The molecule has 0 spiro atoms. The van der Waals surface area contributed by atoms with Gasteiger partial charge in [0.2, 0.25) is 0 Å². The molecule has 0 fully saturated rings. The third-order valence-electron chi connectivity index (χ3n) is 2.74. The summed E-state index contributed by atoms with van der Waals surface area (Å²) in [5, 5.41) is 2.92. The number of rotatable bonds is 0. The van der Waals surface area contributed by atoms with Crippen LogP contribution in [-0.2, 0) is 12.8 Å². The minimum absolute atomic E-state index is 0. The van der Waals surface area contributed by atoms with Gasteiger partial charge >= 0.3 is 0 Å². The minimum atomic E-state index is 0. The molecule has 1 aliphatic rings. The largest absolute Gasteiger partial charge is 0.412 e. The van der Waals surface area contributed by atoms with Crippen molar-refractivity contribution in [1.82, 2.24) is 0 Å². The van der Waals surface area contributed by atoms with E-state index in [1.807, 2.05) is 0 Å². The van der Waals surface area contributed by atoms with Crippen molar-refractivity contribution in [3.8, 4) is 0 Å². The maximum absolute atomic E-state index is 2.25. The Labute approximate surface area is 77.3 Å². The van der Waals surface area contributed by atoms with Gasteiger partial charge in [0, 0.05) is 0 Å². The van der Waals surface area contributed by atoms with Gasteiger partial charge < -0.3 is 5.48 Å². The summed E-state index contributed by atoms with van der Waals surface area (Å²) in [6.45, 7) is 0. The number of hydrogen-bond acceptors (Lipinski definition) is 0. The quantitative estimate of drug-likeness (QED) is 0.583. The van der Waals surface area contributed by atoms with E-state index in [2.05, 4.69) is 36.4 Å². The highest BCUT2D eigenvalue weighted by molar-refractivity contribution is 5.90. The molecule has 0 unspecified atom stereocenters. The van der Waals surface area contributed by atoms with Gasteiger partial charge in [0.1, 0.15) is 0 Å². The van der Waals surface area contributed by atoms with E-state index in [-0.39, 0.29) is 5.48 Å². The Morgan fingerprint density at radius 1 is 0.769 bits per heavy atom. The van der Waals surface area contributed by atoms with Crippen LogP contribution in [0.15, 0.2) is 36.4 Å². The lowest BCUT2D eigenvalue weighted by Gasteiger charge is -1.99. The molecule has 66 valence electrons. The van der Waals surface area contributed by atoms with Crippen molar-refractivity contribution in [2.45, 2.75) is 12.8 Å². The normalized spacial score (nSPS) is 12.9. The summed E-state index contributed by atoms with van der Waals surface area (Å²) in [5.74, 6) is 0. The first kappa shape index (κ1) is 8.27. The topological polar surface area (TPSA) is 31.5 Å². The zero-order valence-corrected chi connectivity index (χ0v) is 7.38. The van der Waals surface area contributed by atoms with Gasteiger partial charge in [0.25, 0.3) is 0 Å². The molecule has 0 atom stereocenters. The summed E-state index contributed by atoms with van der Waals surface area (Å²) in [5.41, 5.74) is 3.06. The van der Waals surface area contributed by atoms with E-state index in [1.54, 1.807) is 0 Å². The molecule has 2 aromatic rings. The molecule has 0 saturated carbocycles. The summed E-state index contributed by atoms with van der Waals surface area (Å²) in [6.07, 6.45) is 2.47. The van der Waals surface area contributed by atoms with Crippen molar-refractivity contribution in [3.63, 3.8) is 0 Å². The minimum Gasteiger partial charge on any atom is -0.412 e. The van der Waals surface area contributed by atoms with E-state index < -0.39 is 0 Å². The molecule has 13 heavy (non-hydrogen) atoms. The van der Waals surface area contributed by atoms with Crippen LogP contribution >= 0.6 is 0 Å².